The summed E-state index contributed by atoms with van der Waals surface area (Å²) >= 11 is 0. The van der Waals surface area contributed by atoms with Gasteiger partial charge < -0.3 is 9.84 Å². The van der Waals surface area contributed by atoms with Gasteiger partial charge in [0.15, 0.2) is 5.78 Å². The molecule has 0 radical (unpaired) electrons. The van der Waals surface area contributed by atoms with Crippen LogP contribution >= 0.6 is 0 Å². The van der Waals surface area contributed by atoms with E-state index >= 15 is 0 Å². The van der Waals surface area contributed by atoms with Gasteiger partial charge in [0.1, 0.15) is 11.9 Å². The third kappa shape index (κ3) is 5.21. The molecule has 0 saturated heterocycles. The highest BCUT2D eigenvalue weighted by Gasteiger charge is 2.31. The van der Waals surface area contributed by atoms with E-state index in [0.717, 1.165) is 12.1 Å². The predicted octanol–water partition coefficient (Wildman–Crippen LogP) is 3.10. The molecule has 3 nitrogen and oxygen atoms in total. The highest BCUT2D eigenvalue weighted by Crippen LogP contribution is 2.24. The summed E-state index contributed by atoms with van der Waals surface area (Å²) in [6.07, 6.45) is -5.89. The number of ether oxygens (including phenoxy) is 1. The van der Waals surface area contributed by atoms with Crippen molar-refractivity contribution in [3.8, 4) is 5.75 Å². The number of benzene rings is 1. The summed E-state index contributed by atoms with van der Waals surface area (Å²) in [6.45, 7) is 5.20. The zero-order chi connectivity index (χ0) is 15.6. The quantitative estimate of drug-likeness (QED) is 0.927. The fourth-order valence-corrected chi connectivity index (χ4v) is 1.59. The van der Waals surface area contributed by atoms with E-state index in [0.29, 0.717) is 5.56 Å². The Balaban J connectivity index is 2.69. The summed E-state index contributed by atoms with van der Waals surface area (Å²) in [5.41, 5.74) is -0.0519. The van der Waals surface area contributed by atoms with Crippen molar-refractivity contribution in [3.63, 3.8) is 0 Å². The van der Waals surface area contributed by atoms with Gasteiger partial charge in [0.2, 0.25) is 0 Å². The SMILES string of the molecule is CC(C)(C)C(O)C(=O)Cc1ccc(OC(F)(F)F)cc1. The first-order chi connectivity index (χ1) is 8.99. The van der Waals surface area contributed by atoms with Crippen molar-refractivity contribution in [2.24, 2.45) is 5.41 Å². The summed E-state index contributed by atoms with van der Waals surface area (Å²) in [4.78, 5) is 11.8. The Morgan fingerprint density at radius 2 is 1.70 bits per heavy atom. The number of ketones is 1. The molecule has 1 rings (SSSR count). The molecular weight excluding hydrogens is 273 g/mol. The first-order valence-electron chi connectivity index (χ1n) is 6.04. The molecule has 0 aromatic heterocycles. The summed E-state index contributed by atoms with van der Waals surface area (Å²) in [5, 5.41) is 9.80. The Labute approximate surface area is 115 Å². The predicted molar refractivity (Wildman–Crippen MR) is 67.3 cm³/mol. The zero-order valence-electron chi connectivity index (χ0n) is 11.5. The molecule has 1 N–H and O–H groups in total. The minimum atomic E-state index is -4.74. The highest BCUT2D eigenvalue weighted by molar-refractivity contribution is 5.85. The van der Waals surface area contributed by atoms with Crippen molar-refractivity contribution in [1.82, 2.24) is 0 Å². The number of rotatable bonds is 4. The van der Waals surface area contributed by atoms with E-state index in [4.69, 9.17) is 0 Å². The van der Waals surface area contributed by atoms with Crippen LogP contribution in [-0.2, 0) is 11.2 Å². The van der Waals surface area contributed by atoms with Gasteiger partial charge in [0, 0.05) is 6.42 Å². The largest absolute Gasteiger partial charge is 0.573 e. The van der Waals surface area contributed by atoms with Crippen LogP contribution in [0, 0.1) is 5.41 Å². The van der Waals surface area contributed by atoms with Crippen LogP contribution in [0.5, 0.6) is 5.75 Å². The molecule has 0 aliphatic rings. The lowest BCUT2D eigenvalue weighted by atomic mass is 9.85. The molecular formula is C14H17F3O3. The Kier molecular flexibility index (Phi) is 4.81. The first kappa shape index (κ1) is 16.5. The minimum Gasteiger partial charge on any atom is -0.406 e. The molecule has 1 aromatic carbocycles. The van der Waals surface area contributed by atoms with Crippen LogP contribution in [0.2, 0.25) is 0 Å². The zero-order valence-corrected chi connectivity index (χ0v) is 11.5. The van der Waals surface area contributed by atoms with Crippen LogP contribution in [0.25, 0.3) is 0 Å². The van der Waals surface area contributed by atoms with Crippen LogP contribution in [0.3, 0.4) is 0 Å². The molecule has 0 bridgehead atoms. The maximum absolute atomic E-state index is 12.0. The van der Waals surface area contributed by atoms with Crippen molar-refractivity contribution >= 4 is 5.78 Å². The molecule has 20 heavy (non-hydrogen) atoms. The molecule has 0 spiro atoms. The smallest absolute Gasteiger partial charge is 0.406 e. The van der Waals surface area contributed by atoms with Crippen LogP contribution < -0.4 is 4.74 Å². The number of carbonyl (C=O) groups excluding carboxylic acids is 1. The standard InChI is InChI=1S/C14H17F3O3/c1-13(2,3)12(19)11(18)8-9-4-6-10(7-5-9)20-14(15,16)17/h4-7,12,19H,8H2,1-3H3. The Morgan fingerprint density at radius 3 is 2.10 bits per heavy atom. The molecule has 1 unspecified atom stereocenters. The molecule has 6 heteroatoms. The lowest BCUT2D eigenvalue weighted by Gasteiger charge is -2.24. The van der Waals surface area contributed by atoms with E-state index in [1.807, 2.05) is 0 Å². The normalized spacial score (nSPS) is 13.9. The number of Topliss-reactive ketones (excluding diaryl/α,β-unsaturated/α-hetero) is 1. The van der Waals surface area contributed by atoms with Gasteiger partial charge in [0.05, 0.1) is 0 Å². The van der Waals surface area contributed by atoms with Crippen molar-refractivity contribution in [1.29, 1.82) is 0 Å². The molecule has 1 atom stereocenters. The Hall–Kier alpha value is -1.56. The summed E-state index contributed by atoms with van der Waals surface area (Å²) in [5.74, 6) is -0.716. The van der Waals surface area contributed by atoms with Crippen LogP contribution in [0.15, 0.2) is 24.3 Å². The third-order valence-electron chi connectivity index (χ3n) is 2.66. The van der Waals surface area contributed by atoms with Crippen molar-refractivity contribution in [2.75, 3.05) is 0 Å². The summed E-state index contributed by atoms with van der Waals surface area (Å²) in [6, 6.07) is 5.02. The maximum atomic E-state index is 12.0. The van der Waals surface area contributed by atoms with Crippen molar-refractivity contribution in [2.45, 2.75) is 39.7 Å². The van der Waals surface area contributed by atoms with Gasteiger partial charge in [-0.2, -0.15) is 0 Å². The average molecular weight is 290 g/mol. The fraction of sp³-hybridized carbons (Fsp3) is 0.500. The monoisotopic (exact) mass is 290 g/mol. The number of aliphatic hydroxyl groups is 1. The third-order valence-corrected chi connectivity index (χ3v) is 2.66. The molecule has 0 amide bonds. The van der Waals surface area contributed by atoms with E-state index in [9.17, 15) is 23.1 Å². The van der Waals surface area contributed by atoms with Gasteiger partial charge in [-0.1, -0.05) is 32.9 Å². The average Bonchev–Trinajstić information content (AvgIpc) is 2.27. The fourth-order valence-electron chi connectivity index (χ4n) is 1.59. The lowest BCUT2D eigenvalue weighted by molar-refractivity contribution is -0.274. The van der Waals surface area contributed by atoms with Crippen LogP contribution in [0.4, 0.5) is 13.2 Å². The first-order valence-corrected chi connectivity index (χ1v) is 6.04. The number of hydrogen-bond acceptors (Lipinski definition) is 3. The number of hydrogen-bond donors (Lipinski definition) is 1. The van der Waals surface area contributed by atoms with Crippen LogP contribution in [0.1, 0.15) is 26.3 Å². The van der Waals surface area contributed by atoms with Gasteiger partial charge in [-0.25, -0.2) is 0 Å². The summed E-state index contributed by atoms with van der Waals surface area (Å²) in [7, 11) is 0. The van der Waals surface area contributed by atoms with Crippen molar-refractivity contribution in [3.05, 3.63) is 29.8 Å². The van der Waals surface area contributed by atoms with E-state index in [-0.39, 0.29) is 18.0 Å². The molecule has 0 saturated carbocycles. The van der Waals surface area contributed by atoms with E-state index < -0.39 is 17.9 Å². The minimum absolute atomic E-state index is 0.0370. The second kappa shape index (κ2) is 5.83. The molecule has 0 aliphatic carbocycles. The topological polar surface area (TPSA) is 46.5 Å². The molecule has 112 valence electrons. The number of aliphatic hydroxyl groups excluding tert-OH is 1. The van der Waals surface area contributed by atoms with Crippen molar-refractivity contribution < 1.29 is 27.8 Å². The molecule has 0 fully saturated rings. The van der Waals surface area contributed by atoms with E-state index in [1.165, 1.54) is 12.1 Å². The van der Waals surface area contributed by atoms with Gasteiger partial charge >= 0.3 is 6.36 Å². The second-order valence-electron chi connectivity index (χ2n) is 5.60. The number of halogens is 3. The Morgan fingerprint density at radius 1 is 1.20 bits per heavy atom. The van der Waals surface area contributed by atoms with Gasteiger partial charge in [-0.05, 0) is 23.1 Å². The molecule has 1 aromatic rings. The molecule has 0 heterocycles. The van der Waals surface area contributed by atoms with Gasteiger partial charge in [-0.15, -0.1) is 13.2 Å². The maximum Gasteiger partial charge on any atom is 0.573 e. The highest BCUT2D eigenvalue weighted by atomic mass is 19.4. The number of carbonyl (C=O) groups is 1. The Bertz CT molecular complexity index is 458. The molecule has 0 aliphatic heterocycles. The van der Waals surface area contributed by atoms with E-state index in [1.54, 1.807) is 20.8 Å². The van der Waals surface area contributed by atoms with Gasteiger partial charge in [0.25, 0.3) is 0 Å². The van der Waals surface area contributed by atoms with Crippen LogP contribution in [-0.4, -0.2) is 23.4 Å². The number of alkyl halides is 3. The van der Waals surface area contributed by atoms with Gasteiger partial charge in [-0.3, -0.25) is 4.79 Å². The van der Waals surface area contributed by atoms with E-state index in [2.05, 4.69) is 4.74 Å². The second-order valence-corrected chi connectivity index (χ2v) is 5.60. The summed E-state index contributed by atoms with van der Waals surface area (Å²) < 4.78 is 39.7. The lowest BCUT2D eigenvalue weighted by Crippen LogP contribution is -2.35.